The summed E-state index contributed by atoms with van der Waals surface area (Å²) in [5.41, 5.74) is 0. The molecule has 1 aliphatic rings. The summed E-state index contributed by atoms with van der Waals surface area (Å²) < 4.78 is 0. The zero-order chi connectivity index (χ0) is 19.2. The molecule has 5 nitrogen and oxygen atoms in total. The van der Waals surface area contributed by atoms with Crippen LogP contribution < -0.4 is 34.7 Å². The maximum Gasteiger partial charge on any atom is 1.00 e. The van der Waals surface area contributed by atoms with Crippen molar-refractivity contribution in [2.24, 2.45) is 0 Å². The van der Waals surface area contributed by atoms with Gasteiger partial charge in [-0.15, -0.1) is 0 Å². The molecule has 27 heavy (non-hydrogen) atoms. The minimum absolute atomic E-state index is 0. The van der Waals surface area contributed by atoms with E-state index in [9.17, 15) is 19.5 Å². The van der Waals surface area contributed by atoms with Crippen LogP contribution in [0.25, 0.3) is 0 Å². The van der Waals surface area contributed by atoms with Crippen molar-refractivity contribution in [3.63, 3.8) is 0 Å². The van der Waals surface area contributed by atoms with Gasteiger partial charge in [-0.1, -0.05) is 84.0 Å². The van der Waals surface area contributed by atoms with E-state index in [-0.39, 0.29) is 60.6 Å². The molecule has 0 aromatic carbocycles. The van der Waals surface area contributed by atoms with E-state index in [1.807, 2.05) is 0 Å². The molecule has 1 aliphatic heterocycles. The minimum atomic E-state index is -1.32. The number of carboxylic acid groups (broad SMARTS) is 1. The Labute approximate surface area is 186 Å². The summed E-state index contributed by atoms with van der Waals surface area (Å²) in [4.78, 5) is 35.7. The van der Waals surface area contributed by atoms with Gasteiger partial charge >= 0.3 is 29.6 Å². The molecule has 0 N–H and O–H groups in total. The molecule has 0 spiro atoms. The average Bonchev–Trinajstić information content (AvgIpc) is 3.00. The molecular formula is C21H36NNaO4. The van der Waals surface area contributed by atoms with E-state index in [0.717, 1.165) is 24.2 Å². The molecule has 0 aromatic heterocycles. The quantitative estimate of drug-likeness (QED) is 0.306. The molecule has 150 valence electrons. The van der Waals surface area contributed by atoms with Gasteiger partial charge in [0.2, 0.25) is 11.8 Å². The van der Waals surface area contributed by atoms with E-state index in [1.165, 1.54) is 64.2 Å². The third-order valence-electron chi connectivity index (χ3n) is 5.25. The summed E-state index contributed by atoms with van der Waals surface area (Å²) in [7, 11) is 0. The summed E-state index contributed by atoms with van der Waals surface area (Å²) in [6.45, 7) is 2.24. The van der Waals surface area contributed by atoms with Crippen LogP contribution in [0.4, 0.5) is 0 Å². The van der Waals surface area contributed by atoms with E-state index >= 15 is 0 Å². The minimum Gasteiger partial charge on any atom is -0.548 e. The number of carboxylic acids is 1. The van der Waals surface area contributed by atoms with Crippen LogP contribution in [0.15, 0.2) is 0 Å². The van der Waals surface area contributed by atoms with Gasteiger partial charge in [-0.2, -0.15) is 0 Å². The molecule has 0 radical (unpaired) electrons. The fraction of sp³-hybridized carbons (Fsp3) is 0.857. The number of hydrogen-bond acceptors (Lipinski definition) is 4. The Morgan fingerprint density at radius 1 is 0.889 bits per heavy atom. The first-order chi connectivity index (χ1) is 12.6. The molecule has 0 saturated carbocycles. The van der Waals surface area contributed by atoms with Crippen molar-refractivity contribution >= 4 is 17.8 Å². The molecule has 6 heteroatoms. The zero-order valence-corrected chi connectivity index (χ0v) is 19.5. The molecule has 1 fully saturated rings. The van der Waals surface area contributed by atoms with Crippen LogP contribution in [0, 0.1) is 0 Å². The molecule has 0 aliphatic carbocycles. The number of carbonyl (C=O) groups excluding carboxylic acids is 3. The predicted octanol–water partition coefficient (Wildman–Crippen LogP) is 0.739. The van der Waals surface area contributed by atoms with Crippen molar-refractivity contribution in [1.82, 2.24) is 4.90 Å². The van der Waals surface area contributed by atoms with E-state index in [2.05, 4.69) is 6.92 Å². The monoisotopic (exact) mass is 389 g/mol. The first kappa shape index (κ1) is 26.6. The Balaban J connectivity index is 0.00000676. The summed E-state index contributed by atoms with van der Waals surface area (Å²) in [6, 6.07) is -1.06. The van der Waals surface area contributed by atoms with Crippen LogP contribution in [-0.4, -0.2) is 28.7 Å². The summed E-state index contributed by atoms with van der Waals surface area (Å²) in [5.74, 6) is -2.06. The van der Waals surface area contributed by atoms with Gasteiger partial charge in [-0.25, -0.2) is 0 Å². The van der Waals surface area contributed by atoms with Crippen molar-refractivity contribution in [3.05, 3.63) is 0 Å². The Morgan fingerprint density at radius 3 is 1.78 bits per heavy atom. The number of carbonyl (C=O) groups is 3. The summed E-state index contributed by atoms with van der Waals surface area (Å²) >= 11 is 0. The van der Waals surface area contributed by atoms with Crippen LogP contribution in [0.5, 0.6) is 0 Å². The molecule has 0 aromatic rings. The Morgan fingerprint density at radius 2 is 1.33 bits per heavy atom. The first-order valence-electron chi connectivity index (χ1n) is 10.6. The van der Waals surface area contributed by atoms with Gasteiger partial charge in [-0.05, 0) is 12.8 Å². The van der Waals surface area contributed by atoms with Gasteiger partial charge in [0, 0.05) is 12.8 Å². The molecule has 1 heterocycles. The molecule has 1 rings (SSSR count). The molecule has 1 unspecified atom stereocenters. The van der Waals surface area contributed by atoms with Crippen LogP contribution in [0.3, 0.4) is 0 Å². The summed E-state index contributed by atoms with van der Waals surface area (Å²) in [5, 5.41) is 11.0. The maximum absolute atomic E-state index is 12.1. The van der Waals surface area contributed by atoms with Crippen LogP contribution in [-0.2, 0) is 14.4 Å². The van der Waals surface area contributed by atoms with Crippen molar-refractivity contribution in [2.45, 2.75) is 116 Å². The number of amides is 2. The topological polar surface area (TPSA) is 77.5 Å². The van der Waals surface area contributed by atoms with E-state index < -0.39 is 12.0 Å². The predicted molar refractivity (Wildman–Crippen MR) is 100 cm³/mol. The van der Waals surface area contributed by atoms with E-state index in [1.54, 1.807) is 0 Å². The third-order valence-corrected chi connectivity index (χ3v) is 5.25. The van der Waals surface area contributed by atoms with Gasteiger partial charge in [0.25, 0.3) is 0 Å². The normalized spacial score (nSPS) is 16.4. The number of hydrogen-bond donors (Lipinski definition) is 0. The standard InChI is InChI=1S/C21H37NO4.Na/c1-2-3-4-5-6-7-8-9-10-11-12-13-14-15-19(23)22-18(21(25)26)16-17-20(22)24;/h18H,2-17H2,1H3,(H,25,26);/q;+1/p-1. The van der Waals surface area contributed by atoms with Crippen molar-refractivity contribution < 1.29 is 49.0 Å². The largest absolute Gasteiger partial charge is 1.00 e. The van der Waals surface area contributed by atoms with Gasteiger partial charge in [-0.3, -0.25) is 14.5 Å². The second kappa shape index (κ2) is 16.6. The fourth-order valence-electron chi connectivity index (χ4n) is 3.63. The number of rotatable bonds is 15. The number of nitrogens with zero attached hydrogens (tertiary/aromatic N) is 1. The van der Waals surface area contributed by atoms with Gasteiger partial charge in [0.15, 0.2) is 0 Å². The number of unbranched alkanes of at least 4 members (excludes halogenated alkanes) is 12. The molecule has 2 amide bonds. The second-order valence-corrected chi connectivity index (χ2v) is 7.52. The maximum atomic E-state index is 12.1. The molecule has 1 saturated heterocycles. The zero-order valence-electron chi connectivity index (χ0n) is 17.5. The van der Waals surface area contributed by atoms with Gasteiger partial charge in [0.1, 0.15) is 0 Å². The van der Waals surface area contributed by atoms with E-state index in [0.29, 0.717) is 0 Å². The summed E-state index contributed by atoms with van der Waals surface area (Å²) in [6.07, 6.45) is 16.5. The van der Waals surface area contributed by atoms with Crippen molar-refractivity contribution in [2.75, 3.05) is 0 Å². The van der Waals surface area contributed by atoms with Crippen molar-refractivity contribution in [1.29, 1.82) is 0 Å². The number of likely N-dealkylation sites (tertiary alicyclic amines) is 1. The van der Waals surface area contributed by atoms with Gasteiger partial charge in [0.05, 0.1) is 12.0 Å². The van der Waals surface area contributed by atoms with Crippen molar-refractivity contribution in [3.8, 4) is 0 Å². The van der Waals surface area contributed by atoms with Crippen LogP contribution in [0.2, 0.25) is 0 Å². The number of aliphatic carboxylic acids is 1. The Bertz CT molecular complexity index is 442. The Hall–Kier alpha value is -0.390. The molecule has 0 bridgehead atoms. The second-order valence-electron chi connectivity index (χ2n) is 7.52. The molecular weight excluding hydrogens is 353 g/mol. The smallest absolute Gasteiger partial charge is 0.548 e. The molecule has 1 atom stereocenters. The average molecular weight is 390 g/mol. The SMILES string of the molecule is CCCCCCCCCCCCCCCC(=O)N1C(=O)CCC1C(=O)[O-].[Na+]. The first-order valence-corrected chi connectivity index (χ1v) is 10.6. The fourth-order valence-corrected chi connectivity index (χ4v) is 3.63. The van der Waals surface area contributed by atoms with Crippen LogP contribution >= 0.6 is 0 Å². The third kappa shape index (κ3) is 11.3. The van der Waals surface area contributed by atoms with Gasteiger partial charge < -0.3 is 9.90 Å². The Kier molecular flexibility index (Phi) is 16.3. The van der Waals surface area contributed by atoms with E-state index in [4.69, 9.17) is 0 Å². The number of imide groups is 1. The van der Waals surface area contributed by atoms with Crippen LogP contribution in [0.1, 0.15) is 110 Å².